The molecule has 0 saturated carbocycles. The zero-order valence-corrected chi connectivity index (χ0v) is 15.4. The van der Waals surface area contributed by atoms with Gasteiger partial charge in [-0.2, -0.15) is 0 Å². The molecule has 0 spiro atoms. The number of H-pyrrole nitrogens is 1. The molecular formula is C19H21N5OS. The highest BCUT2D eigenvalue weighted by molar-refractivity contribution is 7.99. The van der Waals surface area contributed by atoms with Crippen LogP contribution in [0.2, 0.25) is 0 Å². The van der Waals surface area contributed by atoms with Crippen molar-refractivity contribution in [3.05, 3.63) is 60.4 Å². The first-order valence-corrected chi connectivity index (χ1v) is 9.48. The molecule has 6 nitrogen and oxygen atoms in total. The number of amides is 1. The van der Waals surface area contributed by atoms with Crippen molar-refractivity contribution in [3.8, 4) is 11.4 Å². The standard InChI is InChI=1S/C19H21N5OS/c1-14(7-8-15-5-3-2-4-6-15)21-17(25)13-26-19-22-18(23-24-19)16-9-11-20-12-10-16/h2-6,9-12,14H,7-8,13H2,1H3,(H,21,25)(H,22,23,24)/t14-/m1/s1. The molecule has 1 atom stereocenters. The van der Waals surface area contributed by atoms with E-state index in [1.807, 2.05) is 37.3 Å². The molecule has 1 amide bonds. The molecule has 0 unspecified atom stereocenters. The lowest BCUT2D eigenvalue weighted by Gasteiger charge is -2.13. The fourth-order valence-corrected chi connectivity index (χ4v) is 3.11. The van der Waals surface area contributed by atoms with Crippen LogP contribution in [-0.2, 0) is 11.2 Å². The van der Waals surface area contributed by atoms with Crippen LogP contribution >= 0.6 is 11.8 Å². The Morgan fingerprint density at radius 3 is 2.73 bits per heavy atom. The Kier molecular flexibility index (Phi) is 6.38. The number of aryl methyl sites for hydroxylation is 1. The lowest BCUT2D eigenvalue weighted by atomic mass is 10.1. The van der Waals surface area contributed by atoms with Gasteiger partial charge in [-0.1, -0.05) is 42.1 Å². The van der Waals surface area contributed by atoms with Gasteiger partial charge in [-0.15, -0.1) is 5.10 Å². The van der Waals surface area contributed by atoms with E-state index in [-0.39, 0.29) is 11.9 Å². The monoisotopic (exact) mass is 367 g/mol. The second-order valence-electron chi connectivity index (χ2n) is 5.98. The highest BCUT2D eigenvalue weighted by Gasteiger charge is 2.11. The molecule has 0 bridgehead atoms. The molecule has 0 aliphatic carbocycles. The largest absolute Gasteiger partial charge is 0.353 e. The van der Waals surface area contributed by atoms with Gasteiger partial charge in [0.05, 0.1) is 5.75 Å². The third-order valence-corrected chi connectivity index (χ3v) is 4.71. The van der Waals surface area contributed by atoms with Crippen molar-refractivity contribution < 1.29 is 4.79 Å². The average Bonchev–Trinajstić information content (AvgIpc) is 3.15. The summed E-state index contributed by atoms with van der Waals surface area (Å²) in [5, 5.41) is 10.6. The summed E-state index contributed by atoms with van der Waals surface area (Å²) >= 11 is 1.32. The van der Waals surface area contributed by atoms with Crippen LogP contribution in [-0.4, -0.2) is 37.9 Å². The molecule has 134 valence electrons. The zero-order chi connectivity index (χ0) is 18.2. The molecule has 0 aliphatic rings. The van der Waals surface area contributed by atoms with E-state index >= 15 is 0 Å². The fourth-order valence-electron chi connectivity index (χ4n) is 2.50. The van der Waals surface area contributed by atoms with Gasteiger partial charge in [0.25, 0.3) is 0 Å². The van der Waals surface area contributed by atoms with E-state index in [4.69, 9.17) is 0 Å². The number of pyridine rings is 1. The summed E-state index contributed by atoms with van der Waals surface area (Å²) in [4.78, 5) is 20.5. The maximum absolute atomic E-state index is 12.1. The number of nitrogens with zero attached hydrogens (tertiary/aromatic N) is 3. The van der Waals surface area contributed by atoms with E-state index in [0.29, 0.717) is 16.7 Å². The first-order chi connectivity index (χ1) is 12.7. The molecule has 3 rings (SSSR count). The number of aromatic amines is 1. The molecule has 0 radical (unpaired) electrons. The van der Waals surface area contributed by atoms with Crippen LogP contribution in [0.25, 0.3) is 11.4 Å². The first kappa shape index (κ1) is 18.1. The van der Waals surface area contributed by atoms with Crippen molar-refractivity contribution in [1.29, 1.82) is 0 Å². The van der Waals surface area contributed by atoms with Gasteiger partial charge in [-0.3, -0.25) is 14.9 Å². The molecule has 7 heteroatoms. The molecule has 2 aromatic heterocycles. The molecule has 2 N–H and O–H groups in total. The van der Waals surface area contributed by atoms with Crippen molar-refractivity contribution in [3.63, 3.8) is 0 Å². The van der Waals surface area contributed by atoms with E-state index in [0.717, 1.165) is 18.4 Å². The Hall–Kier alpha value is -2.67. The maximum atomic E-state index is 12.1. The summed E-state index contributed by atoms with van der Waals surface area (Å²) in [7, 11) is 0. The van der Waals surface area contributed by atoms with E-state index in [9.17, 15) is 4.79 Å². The van der Waals surface area contributed by atoms with E-state index < -0.39 is 0 Å². The summed E-state index contributed by atoms with van der Waals surface area (Å²) in [6.45, 7) is 2.03. The number of nitrogens with one attached hydrogen (secondary N) is 2. The summed E-state index contributed by atoms with van der Waals surface area (Å²) in [6.07, 6.45) is 5.27. The minimum absolute atomic E-state index is 0.00850. The van der Waals surface area contributed by atoms with E-state index in [1.165, 1.54) is 17.3 Å². The minimum Gasteiger partial charge on any atom is -0.353 e. The number of hydrogen-bond acceptors (Lipinski definition) is 5. The Labute approximate surface area is 156 Å². The van der Waals surface area contributed by atoms with Crippen LogP contribution in [0.5, 0.6) is 0 Å². The van der Waals surface area contributed by atoms with Crippen molar-refractivity contribution in [2.24, 2.45) is 0 Å². The van der Waals surface area contributed by atoms with Gasteiger partial charge in [0.1, 0.15) is 0 Å². The van der Waals surface area contributed by atoms with Gasteiger partial charge in [0, 0.05) is 24.0 Å². The van der Waals surface area contributed by atoms with Gasteiger partial charge in [0.2, 0.25) is 11.1 Å². The van der Waals surface area contributed by atoms with Crippen LogP contribution in [0.3, 0.4) is 0 Å². The summed E-state index contributed by atoms with van der Waals surface area (Å²) in [5.74, 6) is 0.959. The van der Waals surface area contributed by atoms with Gasteiger partial charge >= 0.3 is 0 Å². The number of rotatable bonds is 8. The fraction of sp³-hybridized carbons (Fsp3) is 0.263. The third kappa shape index (κ3) is 5.42. The maximum Gasteiger partial charge on any atom is 0.230 e. The van der Waals surface area contributed by atoms with Crippen molar-refractivity contribution in [2.45, 2.75) is 31.0 Å². The van der Waals surface area contributed by atoms with E-state index in [1.54, 1.807) is 12.4 Å². The molecule has 2 heterocycles. The first-order valence-electron chi connectivity index (χ1n) is 8.49. The van der Waals surface area contributed by atoms with E-state index in [2.05, 4.69) is 37.6 Å². The Morgan fingerprint density at radius 2 is 1.96 bits per heavy atom. The zero-order valence-electron chi connectivity index (χ0n) is 14.6. The van der Waals surface area contributed by atoms with Gasteiger partial charge < -0.3 is 5.32 Å². The Morgan fingerprint density at radius 1 is 1.19 bits per heavy atom. The summed E-state index contributed by atoms with van der Waals surface area (Å²) < 4.78 is 0. The Balaban J connectivity index is 1.42. The second kappa shape index (κ2) is 9.15. The number of carbonyl (C=O) groups excluding carboxylic acids is 1. The number of thioether (sulfide) groups is 1. The second-order valence-corrected chi connectivity index (χ2v) is 6.93. The lowest BCUT2D eigenvalue weighted by molar-refractivity contribution is -0.119. The Bertz CT molecular complexity index is 822. The van der Waals surface area contributed by atoms with Crippen LogP contribution in [0.4, 0.5) is 0 Å². The van der Waals surface area contributed by atoms with Crippen molar-refractivity contribution in [2.75, 3.05) is 5.75 Å². The topological polar surface area (TPSA) is 83.6 Å². The van der Waals surface area contributed by atoms with Crippen molar-refractivity contribution in [1.82, 2.24) is 25.5 Å². The third-order valence-electron chi connectivity index (χ3n) is 3.87. The quantitative estimate of drug-likeness (QED) is 0.598. The number of carbonyl (C=O) groups is 1. The molecule has 26 heavy (non-hydrogen) atoms. The molecular weight excluding hydrogens is 346 g/mol. The predicted octanol–water partition coefficient (Wildman–Crippen LogP) is 3.10. The number of benzene rings is 1. The molecule has 0 fully saturated rings. The van der Waals surface area contributed by atoms with Gasteiger partial charge in [0.15, 0.2) is 5.82 Å². The summed E-state index contributed by atoms with van der Waals surface area (Å²) in [6, 6.07) is 14.1. The van der Waals surface area contributed by atoms with Crippen molar-refractivity contribution >= 4 is 17.7 Å². The minimum atomic E-state index is -0.00850. The predicted molar refractivity (Wildman–Crippen MR) is 103 cm³/mol. The van der Waals surface area contributed by atoms with Gasteiger partial charge in [-0.25, -0.2) is 4.98 Å². The summed E-state index contributed by atoms with van der Waals surface area (Å²) in [5.41, 5.74) is 2.20. The lowest BCUT2D eigenvalue weighted by Crippen LogP contribution is -2.34. The van der Waals surface area contributed by atoms with Crippen LogP contribution in [0.1, 0.15) is 18.9 Å². The highest BCUT2D eigenvalue weighted by atomic mass is 32.2. The number of aromatic nitrogens is 4. The molecule has 0 aliphatic heterocycles. The molecule has 1 aromatic carbocycles. The normalized spacial score (nSPS) is 11.9. The van der Waals surface area contributed by atoms with Gasteiger partial charge in [-0.05, 0) is 37.5 Å². The number of hydrogen-bond donors (Lipinski definition) is 2. The van der Waals surface area contributed by atoms with Crippen LogP contribution in [0, 0.1) is 0 Å². The molecule has 3 aromatic rings. The highest BCUT2D eigenvalue weighted by Crippen LogP contribution is 2.18. The van der Waals surface area contributed by atoms with Crippen LogP contribution in [0.15, 0.2) is 60.0 Å². The SMILES string of the molecule is C[C@H](CCc1ccccc1)NC(=O)CSc1n[nH]c(-c2ccncc2)n1. The smallest absolute Gasteiger partial charge is 0.230 e. The average molecular weight is 367 g/mol. The molecule has 0 saturated heterocycles. The van der Waals surface area contributed by atoms with Crippen LogP contribution < -0.4 is 5.32 Å².